The smallest absolute Gasteiger partial charge is 0.243 e. The van der Waals surface area contributed by atoms with Crippen molar-refractivity contribution in [1.82, 2.24) is 4.72 Å². The van der Waals surface area contributed by atoms with Crippen LogP contribution in [0.3, 0.4) is 0 Å². The summed E-state index contributed by atoms with van der Waals surface area (Å²) in [4.78, 5) is 1.17. The number of nitrogens with two attached hydrogens (primary N) is 1. The molecule has 0 saturated heterocycles. The quantitative estimate of drug-likeness (QED) is 0.859. The molecule has 3 N–H and O–H groups in total. The summed E-state index contributed by atoms with van der Waals surface area (Å²) >= 11 is 4.69. The second-order valence-electron chi connectivity index (χ2n) is 5.28. The third-order valence-corrected chi connectivity index (χ3v) is 7.45. The van der Waals surface area contributed by atoms with Gasteiger partial charge in [-0.1, -0.05) is 19.3 Å². The Balaban J connectivity index is 2.24. The molecule has 1 aliphatic carbocycles. The van der Waals surface area contributed by atoms with Crippen molar-refractivity contribution in [1.29, 1.82) is 0 Å². The largest absolute Gasteiger partial charge is 0.326 e. The van der Waals surface area contributed by atoms with Crippen LogP contribution < -0.4 is 10.5 Å². The van der Waals surface area contributed by atoms with Crippen molar-refractivity contribution in [2.45, 2.75) is 56.0 Å². The Morgan fingerprint density at radius 2 is 2.05 bits per heavy atom. The molecular formula is C12H19BrN2O2S2. The van der Waals surface area contributed by atoms with Gasteiger partial charge in [0.05, 0.1) is 3.79 Å². The predicted molar refractivity (Wildman–Crippen MR) is 81.7 cm³/mol. The van der Waals surface area contributed by atoms with Gasteiger partial charge in [0.15, 0.2) is 0 Å². The van der Waals surface area contributed by atoms with Crippen LogP contribution >= 0.6 is 27.3 Å². The number of hydrogen-bond donors (Lipinski definition) is 2. The van der Waals surface area contributed by atoms with E-state index in [9.17, 15) is 8.42 Å². The Kier molecular flexibility index (Phi) is 4.72. The summed E-state index contributed by atoms with van der Waals surface area (Å²) in [6.45, 7) is 2.35. The van der Waals surface area contributed by atoms with E-state index < -0.39 is 10.0 Å². The molecule has 4 nitrogen and oxygen atoms in total. The first kappa shape index (κ1) is 15.4. The highest BCUT2D eigenvalue weighted by Gasteiger charge is 2.33. The maximum Gasteiger partial charge on any atom is 0.243 e. The molecule has 0 spiro atoms. The summed E-state index contributed by atoms with van der Waals surface area (Å²) in [5.74, 6) is 0. The van der Waals surface area contributed by atoms with E-state index in [0.29, 0.717) is 15.2 Å². The van der Waals surface area contributed by atoms with E-state index in [-0.39, 0.29) is 5.54 Å². The summed E-state index contributed by atoms with van der Waals surface area (Å²) in [6.07, 6.45) is 5.15. The molecule has 0 unspecified atom stereocenters. The highest BCUT2D eigenvalue weighted by atomic mass is 79.9. The van der Waals surface area contributed by atoms with Gasteiger partial charge < -0.3 is 5.73 Å². The molecule has 1 aliphatic rings. The Morgan fingerprint density at radius 1 is 1.42 bits per heavy atom. The SMILES string of the molecule is CC1(NS(=O)(=O)c2cc(CN)sc2Br)CCCCC1. The standard InChI is InChI=1S/C12H19BrN2O2S2/c1-12(5-3-2-4-6-12)15-19(16,17)10-7-9(8-14)18-11(10)13/h7,15H,2-6,8,14H2,1H3. The number of thiophene rings is 1. The molecule has 1 aromatic heterocycles. The van der Waals surface area contributed by atoms with E-state index in [1.807, 2.05) is 6.92 Å². The third kappa shape index (κ3) is 3.58. The monoisotopic (exact) mass is 366 g/mol. The first-order valence-corrected chi connectivity index (χ1v) is 9.48. The van der Waals surface area contributed by atoms with Crippen LogP contribution in [0, 0.1) is 0 Å². The van der Waals surface area contributed by atoms with Crippen LogP contribution in [0.1, 0.15) is 43.9 Å². The van der Waals surface area contributed by atoms with Gasteiger partial charge in [0, 0.05) is 17.0 Å². The van der Waals surface area contributed by atoms with Crippen molar-refractivity contribution in [3.63, 3.8) is 0 Å². The Labute approximate surface area is 127 Å². The van der Waals surface area contributed by atoms with Crippen molar-refractivity contribution in [2.24, 2.45) is 5.73 Å². The molecule has 0 amide bonds. The lowest BCUT2D eigenvalue weighted by atomic mass is 9.84. The predicted octanol–water partition coefficient (Wildman–Crippen LogP) is 2.97. The van der Waals surface area contributed by atoms with Crippen molar-refractivity contribution in [3.8, 4) is 0 Å². The molecule has 7 heteroatoms. The molecule has 0 atom stereocenters. The molecule has 0 bridgehead atoms. The molecule has 19 heavy (non-hydrogen) atoms. The fourth-order valence-corrected chi connectivity index (χ4v) is 6.52. The summed E-state index contributed by atoms with van der Waals surface area (Å²) in [6, 6.07) is 1.66. The molecule has 2 rings (SSSR count). The highest BCUT2D eigenvalue weighted by molar-refractivity contribution is 9.11. The van der Waals surface area contributed by atoms with E-state index in [1.54, 1.807) is 6.07 Å². The number of hydrogen-bond acceptors (Lipinski definition) is 4. The van der Waals surface area contributed by atoms with Gasteiger partial charge >= 0.3 is 0 Å². The molecule has 1 saturated carbocycles. The Bertz CT molecular complexity index is 548. The number of sulfonamides is 1. The van der Waals surface area contributed by atoms with Crippen LogP contribution in [0.15, 0.2) is 14.7 Å². The van der Waals surface area contributed by atoms with Crippen molar-refractivity contribution < 1.29 is 8.42 Å². The number of rotatable bonds is 4. The Hall–Kier alpha value is 0.0500. The summed E-state index contributed by atoms with van der Waals surface area (Å²) in [5, 5.41) is 0. The van der Waals surface area contributed by atoms with Crippen LogP contribution in [0.25, 0.3) is 0 Å². The second-order valence-corrected chi connectivity index (χ2v) is 9.39. The molecule has 0 aliphatic heterocycles. The average molecular weight is 367 g/mol. The van der Waals surface area contributed by atoms with Gasteiger partial charge in [0.1, 0.15) is 4.90 Å². The van der Waals surface area contributed by atoms with E-state index in [4.69, 9.17) is 5.73 Å². The molecule has 0 radical (unpaired) electrons. The van der Waals surface area contributed by atoms with Crippen molar-refractivity contribution in [3.05, 3.63) is 14.7 Å². The van der Waals surface area contributed by atoms with E-state index in [2.05, 4.69) is 20.7 Å². The highest BCUT2D eigenvalue weighted by Crippen LogP contribution is 2.34. The van der Waals surface area contributed by atoms with Gasteiger partial charge in [0.25, 0.3) is 0 Å². The third-order valence-electron chi connectivity index (χ3n) is 3.54. The first-order valence-electron chi connectivity index (χ1n) is 6.39. The summed E-state index contributed by atoms with van der Waals surface area (Å²) < 4.78 is 28.5. The van der Waals surface area contributed by atoms with Crippen LogP contribution in [0.4, 0.5) is 0 Å². The normalized spacial score (nSPS) is 19.5. The molecule has 1 heterocycles. The fraction of sp³-hybridized carbons (Fsp3) is 0.667. The summed E-state index contributed by atoms with van der Waals surface area (Å²) in [5.41, 5.74) is 5.24. The van der Waals surface area contributed by atoms with Gasteiger partial charge in [-0.15, -0.1) is 11.3 Å². The lowest BCUT2D eigenvalue weighted by Gasteiger charge is -2.34. The molecular weight excluding hydrogens is 348 g/mol. The van der Waals surface area contributed by atoms with Gasteiger partial charge in [-0.25, -0.2) is 13.1 Å². The minimum atomic E-state index is -3.48. The van der Waals surface area contributed by atoms with Crippen molar-refractivity contribution in [2.75, 3.05) is 0 Å². The van der Waals surface area contributed by atoms with Gasteiger partial charge in [-0.3, -0.25) is 0 Å². The molecule has 1 fully saturated rings. The first-order chi connectivity index (χ1) is 8.86. The average Bonchev–Trinajstić information content (AvgIpc) is 2.71. The lowest BCUT2D eigenvalue weighted by Crippen LogP contribution is -2.47. The van der Waals surface area contributed by atoms with Gasteiger partial charge in [-0.05, 0) is 41.8 Å². The molecule has 0 aromatic carbocycles. The van der Waals surface area contributed by atoms with E-state index in [1.165, 1.54) is 17.8 Å². The topological polar surface area (TPSA) is 72.2 Å². The van der Waals surface area contributed by atoms with Crippen molar-refractivity contribution >= 4 is 37.3 Å². The molecule has 108 valence electrons. The van der Waals surface area contributed by atoms with E-state index in [0.717, 1.165) is 30.6 Å². The minimum Gasteiger partial charge on any atom is -0.326 e. The number of halogens is 1. The zero-order valence-electron chi connectivity index (χ0n) is 10.9. The van der Waals surface area contributed by atoms with Gasteiger partial charge in [0.2, 0.25) is 10.0 Å². The van der Waals surface area contributed by atoms with Crippen LogP contribution in [0.2, 0.25) is 0 Å². The Morgan fingerprint density at radius 3 is 2.58 bits per heavy atom. The second kappa shape index (κ2) is 5.81. The van der Waals surface area contributed by atoms with Crippen LogP contribution in [-0.2, 0) is 16.6 Å². The van der Waals surface area contributed by atoms with Crippen LogP contribution in [0.5, 0.6) is 0 Å². The zero-order valence-corrected chi connectivity index (χ0v) is 14.1. The number of nitrogens with one attached hydrogen (secondary N) is 1. The van der Waals surface area contributed by atoms with Gasteiger partial charge in [-0.2, -0.15) is 0 Å². The zero-order chi connectivity index (χ0) is 14.1. The lowest BCUT2D eigenvalue weighted by molar-refractivity contribution is 0.294. The molecule has 1 aromatic rings. The maximum absolute atomic E-state index is 12.5. The summed E-state index contributed by atoms with van der Waals surface area (Å²) in [7, 11) is -3.48. The maximum atomic E-state index is 12.5. The fourth-order valence-electron chi connectivity index (χ4n) is 2.50. The minimum absolute atomic E-state index is 0.310. The van der Waals surface area contributed by atoms with Crippen LogP contribution in [-0.4, -0.2) is 14.0 Å². The van der Waals surface area contributed by atoms with E-state index >= 15 is 0 Å².